The topological polar surface area (TPSA) is 72.0 Å². The molecule has 2 aromatic rings. The Morgan fingerprint density at radius 2 is 2.06 bits per heavy atom. The Kier molecular flexibility index (Phi) is 3.96. The zero-order valence-electron chi connectivity index (χ0n) is 9.42. The third-order valence-corrected chi connectivity index (χ3v) is 4.87. The molecule has 5 nitrogen and oxygen atoms in total. The molecule has 0 bridgehead atoms. The number of sulfonamides is 1. The number of halogens is 1. The lowest BCUT2D eigenvalue weighted by Gasteiger charge is -2.05. The lowest BCUT2D eigenvalue weighted by Crippen LogP contribution is -2.23. The summed E-state index contributed by atoms with van der Waals surface area (Å²) < 4.78 is 26.3. The van der Waals surface area contributed by atoms with Crippen molar-refractivity contribution in [1.82, 2.24) is 14.7 Å². The Morgan fingerprint density at radius 3 is 2.61 bits per heavy atom. The molecular weight excluding hydrogens is 294 g/mol. The smallest absolute Gasteiger partial charge is 0.225 e. The molecule has 0 aliphatic rings. The molecule has 2 heterocycles. The van der Waals surface area contributed by atoms with Crippen molar-refractivity contribution < 1.29 is 8.42 Å². The van der Waals surface area contributed by atoms with E-state index in [1.54, 1.807) is 0 Å². The van der Waals surface area contributed by atoms with Crippen LogP contribution < -0.4 is 4.72 Å². The SMILES string of the molecule is Cc1ccsc1CNS(=O)(=O)c1cnc(Cl)nc1. The van der Waals surface area contributed by atoms with Gasteiger partial charge in [-0.1, -0.05) is 0 Å². The zero-order chi connectivity index (χ0) is 13.2. The van der Waals surface area contributed by atoms with Crippen molar-refractivity contribution in [3.63, 3.8) is 0 Å². The van der Waals surface area contributed by atoms with Crippen LogP contribution in [0.1, 0.15) is 10.4 Å². The van der Waals surface area contributed by atoms with Crippen LogP contribution in [0.5, 0.6) is 0 Å². The summed E-state index contributed by atoms with van der Waals surface area (Å²) in [6, 6.07) is 1.94. The Morgan fingerprint density at radius 1 is 1.39 bits per heavy atom. The lowest BCUT2D eigenvalue weighted by atomic mass is 10.3. The molecule has 0 aliphatic heterocycles. The van der Waals surface area contributed by atoms with Gasteiger partial charge in [-0.2, -0.15) is 0 Å². The van der Waals surface area contributed by atoms with Crippen molar-refractivity contribution in [3.05, 3.63) is 39.6 Å². The molecule has 96 valence electrons. The van der Waals surface area contributed by atoms with E-state index in [0.717, 1.165) is 10.4 Å². The summed E-state index contributed by atoms with van der Waals surface area (Å²) in [4.78, 5) is 8.27. The van der Waals surface area contributed by atoms with Crippen molar-refractivity contribution in [2.45, 2.75) is 18.4 Å². The molecule has 0 saturated heterocycles. The van der Waals surface area contributed by atoms with Crippen LogP contribution >= 0.6 is 22.9 Å². The summed E-state index contributed by atoms with van der Waals surface area (Å²) in [6.07, 6.45) is 2.36. The van der Waals surface area contributed by atoms with Crippen molar-refractivity contribution in [3.8, 4) is 0 Å². The minimum Gasteiger partial charge on any atom is -0.225 e. The highest BCUT2D eigenvalue weighted by atomic mass is 35.5. The maximum atomic E-state index is 11.9. The Balaban J connectivity index is 2.13. The van der Waals surface area contributed by atoms with Gasteiger partial charge in [0.05, 0.1) is 12.4 Å². The van der Waals surface area contributed by atoms with Gasteiger partial charge < -0.3 is 0 Å². The lowest BCUT2D eigenvalue weighted by molar-refractivity contribution is 0.580. The normalized spacial score (nSPS) is 11.7. The average Bonchev–Trinajstić information content (AvgIpc) is 2.73. The monoisotopic (exact) mass is 303 g/mol. The molecule has 0 aromatic carbocycles. The van der Waals surface area contributed by atoms with Gasteiger partial charge in [0.25, 0.3) is 0 Å². The number of nitrogens with zero attached hydrogens (tertiary/aromatic N) is 2. The molecule has 8 heteroatoms. The third-order valence-electron chi connectivity index (χ3n) is 2.30. The van der Waals surface area contributed by atoms with E-state index in [1.165, 1.54) is 23.7 Å². The first-order valence-corrected chi connectivity index (χ1v) is 7.73. The Labute approximate surface area is 114 Å². The van der Waals surface area contributed by atoms with Crippen molar-refractivity contribution in [2.24, 2.45) is 0 Å². The van der Waals surface area contributed by atoms with Gasteiger partial charge in [0.15, 0.2) is 0 Å². The van der Waals surface area contributed by atoms with Gasteiger partial charge in [0.2, 0.25) is 15.3 Å². The number of aromatic nitrogens is 2. The molecule has 0 unspecified atom stereocenters. The average molecular weight is 304 g/mol. The van der Waals surface area contributed by atoms with Gasteiger partial charge in [-0.05, 0) is 35.5 Å². The van der Waals surface area contributed by atoms with E-state index in [0.29, 0.717) is 0 Å². The summed E-state index contributed by atoms with van der Waals surface area (Å²) in [5.74, 6) is 0. The van der Waals surface area contributed by atoms with Gasteiger partial charge in [0.1, 0.15) is 4.90 Å². The van der Waals surface area contributed by atoms with Crippen LogP contribution in [-0.2, 0) is 16.6 Å². The van der Waals surface area contributed by atoms with Crippen molar-refractivity contribution in [2.75, 3.05) is 0 Å². The minimum atomic E-state index is -3.60. The van der Waals surface area contributed by atoms with Crippen LogP contribution in [0.3, 0.4) is 0 Å². The van der Waals surface area contributed by atoms with E-state index >= 15 is 0 Å². The molecule has 0 spiro atoms. The molecule has 0 fully saturated rings. The Hall–Kier alpha value is -1.02. The molecule has 2 rings (SSSR count). The summed E-state index contributed by atoms with van der Waals surface area (Å²) in [5.41, 5.74) is 1.06. The molecular formula is C10H10ClN3O2S2. The Bertz CT molecular complexity index is 637. The molecule has 2 aromatic heterocycles. The predicted octanol–water partition coefficient (Wildman–Crippen LogP) is 1.98. The van der Waals surface area contributed by atoms with E-state index in [9.17, 15) is 8.42 Å². The predicted molar refractivity (Wildman–Crippen MR) is 70.1 cm³/mol. The number of hydrogen-bond acceptors (Lipinski definition) is 5. The molecule has 0 atom stereocenters. The molecule has 18 heavy (non-hydrogen) atoms. The van der Waals surface area contributed by atoms with Crippen LogP contribution in [0.15, 0.2) is 28.7 Å². The number of thiophene rings is 1. The fourth-order valence-electron chi connectivity index (χ4n) is 1.27. The summed E-state index contributed by atoms with van der Waals surface area (Å²) in [5, 5.41) is 1.94. The fraction of sp³-hybridized carbons (Fsp3) is 0.200. The third kappa shape index (κ3) is 3.05. The minimum absolute atomic E-state index is 0.00103. The van der Waals surface area contributed by atoms with E-state index in [2.05, 4.69) is 14.7 Å². The van der Waals surface area contributed by atoms with Gasteiger partial charge >= 0.3 is 0 Å². The van der Waals surface area contributed by atoms with Crippen molar-refractivity contribution in [1.29, 1.82) is 0 Å². The van der Waals surface area contributed by atoms with E-state index in [4.69, 9.17) is 11.6 Å². The first kappa shape index (κ1) is 13.4. The van der Waals surface area contributed by atoms with E-state index in [1.807, 2.05) is 18.4 Å². The van der Waals surface area contributed by atoms with Crippen molar-refractivity contribution >= 4 is 33.0 Å². The van der Waals surface area contributed by atoms with Crippen LogP contribution in [0.2, 0.25) is 5.28 Å². The van der Waals surface area contributed by atoms with Gasteiger partial charge in [-0.15, -0.1) is 11.3 Å². The number of nitrogens with one attached hydrogen (secondary N) is 1. The van der Waals surface area contributed by atoms with Gasteiger partial charge in [-0.3, -0.25) is 0 Å². The molecule has 0 amide bonds. The highest BCUT2D eigenvalue weighted by Crippen LogP contribution is 2.16. The van der Waals surface area contributed by atoms with Crippen LogP contribution in [-0.4, -0.2) is 18.4 Å². The highest BCUT2D eigenvalue weighted by Gasteiger charge is 2.15. The second-order valence-electron chi connectivity index (χ2n) is 3.54. The maximum absolute atomic E-state index is 11.9. The van der Waals surface area contributed by atoms with Crippen LogP contribution in [0.25, 0.3) is 0 Å². The quantitative estimate of drug-likeness (QED) is 0.877. The van der Waals surface area contributed by atoms with Gasteiger partial charge in [-0.25, -0.2) is 23.1 Å². The summed E-state index contributed by atoms with van der Waals surface area (Å²) in [7, 11) is -3.60. The second-order valence-corrected chi connectivity index (χ2v) is 6.64. The standard InChI is InChI=1S/C10H10ClN3O2S2/c1-7-2-3-17-9(7)6-14-18(15,16)8-4-12-10(11)13-5-8/h2-5,14H,6H2,1H3. The van der Waals surface area contributed by atoms with E-state index < -0.39 is 10.0 Å². The van der Waals surface area contributed by atoms with Gasteiger partial charge in [0, 0.05) is 11.4 Å². The maximum Gasteiger partial charge on any atom is 0.243 e. The number of rotatable bonds is 4. The molecule has 1 N–H and O–H groups in total. The number of hydrogen-bond donors (Lipinski definition) is 1. The highest BCUT2D eigenvalue weighted by molar-refractivity contribution is 7.89. The fourth-order valence-corrected chi connectivity index (χ4v) is 3.19. The number of aryl methyl sites for hydroxylation is 1. The zero-order valence-corrected chi connectivity index (χ0v) is 11.8. The molecule has 0 radical (unpaired) electrons. The second kappa shape index (κ2) is 5.31. The van der Waals surface area contributed by atoms with E-state index in [-0.39, 0.29) is 16.7 Å². The molecule has 0 saturated carbocycles. The van der Waals surface area contributed by atoms with Crippen LogP contribution in [0.4, 0.5) is 0 Å². The first-order valence-electron chi connectivity index (χ1n) is 4.99. The molecule has 0 aliphatic carbocycles. The first-order chi connectivity index (χ1) is 8.49. The van der Waals surface area contributed by atoms with Crippen LogP contribution in [0, 0.1) is 6.92 Å². The summed E-state index contributed by atoms with van der Waals surface area (Å²) >= 11 is 7.01. The largest absolute Gasteiger partial charge is 0.243 e. The summed E-state index contributed by atoms with van der Waals surface area (Å²) in [6.45, 7) is 2.19.